The van der Waals surface area contributed by atoms with Gasteiger partial charge in [0.1, 0.15) is 12.6 Å². The minimum Gasteiger partial charge on any atom is -0.378 e. The molecule has 0 radical (unpaired) electrons. The Hall–Kier alpha value is -2.94. The average molecular weight is 388 g/mol. The summed E-state index contributed by atoms with van der Waals surface area (Å²) < 4.78 is 5.21. The van der Waals surface area contributed by atoms with Crippen molar-refractivity contribution in [1.82, 2.24) is 10.2 Å². The van der Waals surface area contributed by atoms with Gasteiger partial charge in [-0.3, -0.25) is 19.2 Å². The number of hydrogen-bond acceptors (Lipinski definition) is 5. The van der Waals surface area contributed by atoms with Crippen LogP contribution in [0.3, 0.4) is 0 Å². The lowest BCUT2D eigenvalue weighted by atomic mass is 10.1. The molecular weight excluding hydrogens is 364 g/mol. The van der Waals surface area contributed by atoms with Crippen molar-refractivity contribution >= 4 is 35.0 Å². The number of ether oxygens (including phenoxy) is 1. The lowest BCUT2D eigenvalue weighted by Crippen LogP contribution is -2.50. The summed E-state index contributed by atoms with van der Waals surface area (Å²) in [6.07, 6.45) is -0.105. The summed E-state index contributed by atoms with van der Waals surface area (Å²) in [5, 5.41) is 5.36. The van der Waals surface area contributed by atoms with Crippen molar-refractivity contribution < 1.29 is 23.9 Å². The van der Waals surface area contributed by atoms with E-state index in [0.29, 0.717) is 37.7 Å². The highest BCUT2D eigenvalue weighted by molar-refractivity contribution is 6.10. The van der Waals surface area contributed by atoms with Crippen LogP contribution in [0.15, 0.2) is 24.3 Å². The molecule has 2 N–H and O–H groups in total. The first kappa shape index (κ1) is 19.8. The van der Waals surface area contributed by atoms with Crippen molar-refractivity contribution in [3.05, 3.63) is 24.3 Å². The molecule has 1 fully saturated rings. The number of para-hydroxylation sites is 2. The summed E-state index contributed by atoms with van der Waals surface area (Å²) in [5.74, 6) is -1.13. The van der Waals surface area contributed by atoms with Gasteiger partial charge < -0.3 is 25.2 Å². The van der Waals surface area contributed by atoms with E-state index in [1.54, 1.807) is 36.1 Å². The van der Waals surface area contributed by atoms with Gasteiger partial charge in [0.25, 0.3) is 0 Å². The van der Waals surface area contributed by atoms with Gasteiger partial charge >= 0.3 is 0 Å². The number of carbonyl (C=O) groups is 4. The quantitative estimate of drug-likeness (QED) is 0.745. The number of hydrogen-bond donors (Lipinski definition) is 2. The van der Waals surface area contributed by atoms with Gasteiger partial charge in [-0.05, 0) is 19.1 Å². The molecule has 1 aromatic rings. The maximum absolute atomic E-state index is 12.6. The van der Waals surface area contributed by atoms with Gasteiger partial charge in [-0.15, -0.1) is 0 Å². The predicted molar refractivity (Wildman–Crippen MR) is 102 cm³/mol. The number of nitrogens with zero attached hydrogens (tertiary/aromatic N) is 2. The summed E-state index contributed by atoms with van der Waals surface area (Å²) >= 11 is 0. The van der Waals surface area contributed by atoms with Crippen LogP contribution in [-0.2, 0) is 23.9 Å². The van der Waals surface area contributed by atoms with Crippen LogP contribution in [0.4, 0.5) is 11.4 Å². The van der Waals surface area contributed by atoms with Crippen LogP contribution in [0.2, 0.25) is 0 Å². The van der Waals surface area contributed by atoms with Crippen LogP contribution >= 0.6 is 0 Å². The van der Waals surface area contributed by atoms with Gasteiger partial charge in [-0.1, -0.05) is 12.1 Å². The van der Waals surface area contributed by atoms with E-state index in [2.05, 4.69) is 10.6 Å². The van der Waals surface area contributed by atoms with Gasteiger partial charge in [0, 0.05) is 25.9 Å². The highest BCUT2D eigenvalue weighted by Gasteiger charge is 2.27. The van der Waals surface area contributed by atoms with Crippen molar-refractivity contribution in [3.8, 4) is 0 Å². The molecular formula is C19H24N4O5. The molecule has 2 aliphatic heterocycles. The molecule has 0 aromatic heterocycles. The normalized spacial score (nSPS) is 17.4. The Labute approximate surface area is 163 Å². The molecule has 0 spiro atoms. The molecule has 1 atom stereocenters. The third kappa shape index (κ3) is 4.66. The van der Waals surface area contributed by atoms with E-state index in [-0.39, 0.29) is 43.0 Å². The second kappa shape index (κ2) is 8.83. The number of nitrogens with one attached hydrogen (secondary N) is 2. The van der Waals surface area contributed by atoms with E-state index in [4.69, 9.17) is 4.74 Å². The molecule has 150 valence electrons. The Bertz CT molecular complexity index is 775. The topological polar surface area (TPSA) is 108 Å². The zero-order valence-electron chi connectivity index (χ0n) is 15.8. The first-order valence-corrected chi connectivity index (χ1v) is 9.31. The fraction of sp³-hybridized carbons (Fsp3) is 0.474. The van der Waals surface area contributed by atoms with Crippen LogP contribution in [0.5, 0.6) is 0 Å². The highest BCUT2D eigenvalue weighted by Crippen LogP contribution is 2.29. The Balaban J connectivity index is 1.51. The third-order valence-electron chi connectivity index (χ3n) is 4.71. The summed E-state index contributed by atoms with van der Waals surface area (Å²) in [7, 11) is 0. The summed E-state index contributed by atoms with van der Waals surface area (Å²) in [6.45, 7) is 3.55. The molecule has 1 aromatic carbocycles. The second-order valence-corrected chi connectivity index (χ2v) is 6.77. The van der Waals surface area contributed by atoms with E-state index in [9.17, 15) is 19.2 Å². The molecule has 3 rings (SSSR count). The number of carbonyl (C=O) groups excluding carboxylic acids is 4. The van der Waals surface area contributed by atoms with Crippen molar-refractivity contribution in [1.29, 1.82) is 0 Å². The average Bonchev–Trinajstić information content (AvgIpc) is 2.71. The number of rotatable bonds is 5. The summed E-state index contributed by atoms with van der Waals surface area (Å²) in [4.78, 5) is 51.9. The van der Waals surface area contributed by atoms with E-state index < -0.39 is 6.04 Å². The Morgan fingerprint density at radius 2 is 1.89 bits per heavy atom. The number of morpholine rings is 1. The predicted octanol–water partition coefficient (Wildman–Crippen LogP) is 0.115. The first-order chi connectivity index (χ1) is 13.5. The molecule has 0 saturated carbocycles. The smallest absolute Gasteiger partial charge is 0.245 e. The lowest BCUT2D eigenvalue weighted by Gasteiger charge is -2.30. The molecule has 9 nitrogen and oxygen atoms in total. The third-order valence-corrected chi connectivity index (χ3v) is 4.71. The molecule has 1 unspecified atom stereocenters. The van der Waals surface area contributed by atoms with Gasteiger partial charge in [0.05, 0.1) is 24.6 Å². The summed E-state index contributed by atoms with van der Waals surface area (Å²) in [6, 6.07) is 6.35. The number of anilines is 2. The van der Waals surface area contributed by atoms with E-state index in [1.807, 2.05) is 0 Å². The number of fused-ring (bicyclic) bond motifs is 1. The van der Waals surface area contributed by atoms with Crippen LogP contribution in [0.25, 0.3) is 0 Å². The molecule has 9 heteroatoms. The van der Waals surface area contributed by atoms with E-state index in [1.165, 1.54) is 4.90 Å². The minimum absolute atomic E-state index is 0.0497. The molecule has 1 saturated heterocycles. The van der Waals surface area contributed by atoms with Crippen molar-refractivity contribution in [2.24, 2.45) is 0 Å². The fourth-order valence-corrected chi connectivity index (χ4v) is 3.24. The van der Waals surface area contributed by atoms with Crippen molar-refractivity contribution in [2.45, 2.75) is 25.8 Å². The minimum atomic E-state index is -0.665. The Morgan fingerprint density at radius 3 is 2.64 bits per heavy atom. The molecule has 2 heterocycles. The molecule has 4 amide bonds. The molecule has 28 heavy (non-hydrogen) atoms. The Kier molecular flexibility index (Phi) is 6.25. The van der Waals surface area contributed by atoms with Crippen LogP contribution in [0.1, 0.15) is 19.8 Å². The molecule has 0 bridgehead atoms. The first-order valence-electron chi connectivity index (χ1n) is 9.31. The maximum atomic E-state index is 12.6. The van der Waals surface area contributed by atoms with E-state index >= 15 is 0 Å². The van der Waals surface area contributed by atoms with Gasteiger partial charge in [0.15, 0.2) is 0 Å². The van der Waals surface area contributed by atoms with Gasteiger partial charge in [-0.2, -0.15) is 0 Å². The number of benzene rings is 1. The zero-order valence-corrected chi connectivity index (χ0v) is 15.8. The van der Waals surface area contributed by atoms with Gasteiger partial charge in [0.2, 0.25) is 23.6 Å². The van der Waals surface area contributed by atoms with Crippen LogP contribution < -0.4 is 15.5 Å². The highest BCUT2D eigenvalue weighted by atomic mass is 16.5. The van der Waals surface area contributed by atoms with Crippen molar-refractivity contribution in [3.63, 3.8) is 0 Å². The molecule has 0 aliphatic carbocycles. The van der Waals surface area contributed by atoms with E-state index in [0.717, 1.165) is 0 Å². The molecule has 2 aliphatic rings. The SMILES string of the molecule is CC(NC(=O)CCC(=O)N1CC(=O)Nc2ccccc21)C(=O)N1CCOCC1. The Morgan fingerprint density at radius 1 is 1.18 bits per heavy atom. The zero-order chi connectivity index (χ0) is 20.1. The number of amides is 4. The van der Waals surface area contributed by atoms with Crippen molar-refractivity contribution in [2.75, 3.05) is 43.1 Å². The standard InChI is InChI=1S/C19H24N4O5/c1-13(19(27)22-8-10-28-11-9-22)20-16(24)6-7-18(26)23-12-17(25)21-14-4-2-3-5-15(14)23/h2-5,13H,6-12H2,1H3,(H,20,24)(H,21,25). The van der Waals surface area contributed by atoms with Gasteiger partial charge in [-0.25, -0.2) is 0 Å². The second-order valence-electron chi connectivity index (χ2n) is 6.77. The monoisotopic (exact) mass is 388 g/mol. The fourth-order valence-electron chi connectivity index (χ4n) is 3.24. The maximum Gasteiger partial charge on any atom is 0.245 e. The van der Waals surface area contributed by atoms with Crippen LogP contribution in [0, 0.1) is 0 Å². The van der Waals surface area contributed by atoms with Crippen LogP contribution in [-0.4, -0.2) is 67.4 Å². The largest absolute Gasteiger partial charge is 0.378 e. The summed E-state index contributed by atoms with van der Waals surface area (Å²) in [5.41, 5.74) is 1.18. The lowest BCUT2D eigenvalue weighted by molar-refractivity contribution is -0.139.